The van der Waals surface area contributed by atoms with E-state index in [-0.39, 0.29) is 0 Å². The molecule has 0 spiro atoms. The molecule has 0 unspecified atom stereocenters. The molecule has 0 aromatic heterocycles. The third-order valence-corrected chi connectivity index (χ3v) is 12.6. The second-order valence-electron chi connectivity index (χ2n) is 3.08. The van der Waals surface area contributed by atoms with Gasteiger partial charge in [-0.15, -0.1) is 0 Å². The number of ether oxygens (including phenoxy) is 1. The van der Waals surface area contributed by atoms with Gasteiger partial charge in [-0.05, 0) is 0 Å². The van der Waals surface area contributed by atoms with Gasteiger partial charge in [-0.2, -0.15) is 0 Å². The van der Waals surface area contributed by atoms with Crippen molar-refractivity contribution < 1.29 is 4.74 Å². The summed E-state index contributed by atoms with van der Waals surface area (Å²) in [5, 5.41) is 3.97. The molecule has 0 aromatic carbocycles. The van der Waals surface area contributed by atoms with Crippen molar-refractivity contribution in [3.05, 3.63) is 0 Å². The summed E-state index contributed by atoms with van der Waals surface area (Å²) in [6.45, 7) is 7.46. The maximum atomic E-state index is 4.93. The Morgan fingerprint density at radius 1 is 1.08 bits per heavy atom. The monoisotopic (exact) mass is 230 g/mol. The molecular formula is C10H20GeO. The summed E-state index contributed by atoms with van der Waals surface area (Å²) in [5.41, 5.74) is 0. The molecule has 12 heavy (non-hydrogen) atoms. The van der Waals surface area contributed by atoms with Gasteiger partial charge >= 0.3 is 78.9 Å². The van der Waals surface area contributed by atoms with Crippen LogP contribution in [0.25, 0.3) is 0 Å². The second kappa shape index (κ2) is 6.56. The van der Waals surface area contributed by atoms with Crippen molar-refractivity contribution >= 4 is 13.3 Å². The van der Waals surface area contributed by atoms with Gasteiger partial charge in [0.1, 0.15) is 0 Å². The van der Waals surface area contributed by atoms with Crippen molar-refractivity contribution in [2.75, 3.05) is 13.7 Å². The van der Waals surface area contributed by atoms with Crippen LogP contribution in [0.3, 0.4) is 0 Å². The molecule has 0 fully saturated rings. The van der Waals surface area contributed by atoms with Crippen LogP contribution in [0.15, 0.2) is 0 Å². The van der Waals surface area contributed by atoms with Crippen molar-refractivity contribution in [1.29, 1.82) is 0 Å². The Balaban J connectivity index is 4.22. The van der Waals surface area contributed by atoms with Crippen LogP contribution in [0.4, 0.5) is 0 Å². The molecule has 0 aliphatic heterocycles. The van der Waals surface area contributed by atoms with Crippen LogP contribution < -0.4 is 0 Å². The normalized spacial score (nSPS) is 10.7. The topological polar surface area (TPSA) is 9.23 Å². The molecule has 0 saturated heterocycles. The van der Waals surface area contributed by atoms with Gasteiger partial charge in [-0.1, -0.05) is 0 Å². The van der Waals surface area contributed by atoms with Crippen molar-refractivity contribution in [3.8, 4) is 10.7 Å². The number of methoxy groups -OCH3 is 1. The summed E-state index contributed by atoms with van der Waals surface area (Å²) in [7, 11) is 1.70. The van der Waals surface area contributed by atoms with Gasteiger partial charge in [0.25, 0.3) is 0 Å². The standard InChI is InChI=1S/C10H20GeO/c1-5-11(6-2,7-3)9-8-10-12-4/h5-7,10H2,1-4H3. The van der Waals surface area contributed by atoms with E-state index < -0.39 is 13.3 Å². The van der Waals surface area contributed by atoms with Crippen LogP contribution in [-0.4, -0.2) is 27.0 Å². The molecule has 0 rings (SSSR count). The first-order valence-corrected chi connectivity index (χ1v) is 10.2. The number of hydrogen-bond donors (Lipinski definition) is 0. The summed E-state index contributed by atoms with van der Waals surface area (Å²) in [6, 6.07) is 0. The Kier molecular flexibility index (Phi) is 6.60. The van der Waals surface area contributed by atoms with E-state index in [0.717, 1.165) is 0 Å². The van der Waals surface area contributed by atoms with E-state index in [1.54, 1.807) is 7.11 Å². The van der Waals surface area contributed by atoms with E-state index >= 15 is 0 Å². The Bertz CT molecular complexity index is 154. The first kappa shape index (κ1) is 12.1. The summed E-state index contributed by atoms with van der Waals surface area (Å²) in [6.07, 6.45) is 0. The zero-order chi connectivity index (χ0) is 9.45. The minimum atomic E-state index is -1.70. The molecule has 1 nitrogen and oxygen atoms in total. The van der Waals surface area contributed by atoms with E-state index in [9.17, 15) is 0 Å². The molecule has 0 amide bonds. The van der Waals surface area contributed by atoms with Gasteiger partial charge in [0.2, 0.25) is 0 Å². The summed E-state index contributed by atoms with van der Waals surface area (Å²) < 4.78 is 8.42. The predicted octanol–water partition coefficient (Wildman–Crippen LogP) is 2.68. The van der Waals surface area contributed by atoms with Gasteiger partial charge in [0.05, 0.1) is 0 Å². The first-order valence-electron chi connectivity index (χ1n) is 4.73. The Morgan fingerprint density at radius 3 is 1.92 bits per heavy atom. The van der Waals surface area contributed by atoms with E-state index in [1.165, 1.54) is 15.8 Å². The fourth-order valence-corrected chi connectivity index (χ4v) is 6.51. The average Bonchev–Trinajstić information content (AvgIpc) is 2.14. The quantitative estimate of drug-likeness (QED) is 0.531. The van der Waals surface area contributed by atoms with E-state index in [2.05, 4.69) is 31.4 Å². The zero-order valence-electron chi connectivity index (χ0n) is 8.74. The first-order chi connectivity index (χ1) is 5.74. The van der Waals surface area contributed by atoms with Crippen LogP contribution >= 0.6 is 0 Å². The van der Waals surface area contributed by atoms with Crippen LogP contribution in [-0.2, 0) is 4.74 Å². The van der Waals surface area contributed by atoms with Gasteiger partial charge < -0.3 is 0 Å². The molecule has 0 radical (unpaired) electrons. The molecule has 0 aromatic rings. The molecule has 0 saturated carbocycles. The molecular weight excluding hydrogens is 209 g/mol. The average molecular weight is 229 g/mol. The van der Waals surface area contributed by atoms with Crippen LogP contribution in [0, 0.1) is 10.7 Å². The molecule has 0 heterocycles. The minimum absolute atomic E-state index is 0.604. The summed E-state index contributed by atoms with van der Waals surface area (Å²) in [5.74, 6) is 3.14. The predicted molar refractivity (Wildman–Crippen MR) is 56.8 cm³/mol. The van der Waals surface area contributed by atoms with Crippen LogP contribution in [0.5, 0.6) is 0 Å². The van der Waals surface area contributed by atoms with Crippen molar-refractivity contribution in [2.24, 2.45) is 0 Å². The van der Waals surface area contributed by atoms with Crippen LogP contribution in [0.2, 0.25) is 15.8 Å². The van der Waals surface area contributed by atoms with Crippen molar-refractivity contribution in [2.45, 2.75) is 36.5 Å². The molecule has 0 bridgehead atoms. The number of hydrogen-bond acceptors (Lipinski definition) is 1. The van der Waals surface area contributed by atoms with Gasteiger partial charge in [-0.25, -0.2) is 0 Å². The third kappa shape index (κ3) is 3.64. The van der Waals surface area contributed by atoms with Gasteiger partial charge in [0, 0.05) is 0 Å². The maximum absolute atomic E-state index is 4.93. The van der Waals surface area contributed by atoms with E-state index in [4.69, 9.17) is 4.74 Å². The fraction of sp³-hybridized carbons (Fsp3) is 0.800. The number of rotatable bonds is 4. The van der Waals surface area contributed by atoms with Gasteiger partial charge in [-0.3, -0.25) is 0 Å². The van der Waals surface area contributed by atoms with E-state index in [0.29, 0.717) is 6.61 Å². The molecule has 70 valence electrons. The zero-order valence-corrected chi connectivity index (χ0v) is 10.8. The molecule has 0 aliphatic rings. The Hall–Kier alpha value is 0.0629. The third-order valence-electron chi connectivity index (χ3n) is 2.60. The van der Waals surface area contributed by atoms with Crippen LogP contribution in [0.1, 0.15) is 20.8 Å². The fourth-order valence-electron chi connectivity index (χ4n) is 1.31. The summed E-state index contributed by atoms with van der Waals surface area (Å²) in [4.78, 5) is 0. The second-order valence-corrected chi connectivity index (χ2v) is 13.4. The SMILES string of the molecule is C[CH2][Ge]([C]#CCOC)([CH2]C)[CH2]C. The van der Waals surface area contributed by atoms with Gasteiger partial charge in [0.15, 0.2) is 0 Å². The Labute approximate surface area is 79.2 Å². The molecule has 0 aliphatic carbocycles. The van der Waals surface area contributed by atoms with Crippen molar-refractivity contribution in [1.82, 2.24) is 0 Å². The van der Waals surface area contributed by atoms with Crippen molar-refractivity contribution in [3.63, 3.8) is 0 Å². The molecule has 2 heteroatoms. The van der Waals surface area contributed by atoms with E-state index in [1.807, 2.05) is 0 Å². The summed E-state index contributed by atoms with van der Waals surface area (Å²) >= 11 is -1.70. The molecule has 0 N–H and O–H groups in total. The molecule has 0 atom stereocenters. The Morgan fingerprint density at radius 2 is 1.58 bits per heavy atom.